The van der Waals surface area contributed by atoms with Crippen molar-refractivity contribution in [2.75, 3.05) is 11.9 Å². The smallest absolute Gasteiger partial charge is 0.270 e. The minimum atomic E-state index is -0.606. The summed E-state index contributed by atoms with van der Waals surface area (Å²) in [6, 6.07) is 8.46. The number of halogens is 1. The van der Waals surface area contributed by atoms with Crippen molar-refractivity contribution in [1.29, 1.82) is 0 Å². The fourth-order valence-corrected chi connectivity index (χ4v) is 2.08. The van der Waals surface area contributed by atoms with E-state index in [0.29, 0.717) is 10.7 Å². The largest absolute Gasteiger partial charge is 0.872 e. The first kappa shape index (κ1) is 17.4. The number of aliphatic imine (C=N–C) groups is 1. The van der Waals surface area contributed by atoms with Gasteiger partial charge in [0.05, 0.1) is 4.92 Å². The zero-order valence-electron chi connectivity index (χ0n) is 12.7. The van der Waals surface area contributed by atoms with Gasteiger partial charge < -0.3 is 10.4 Å². The molecule has 0 radical (unpaired) electrons. The molecule has 2 aromatic rings. The lowest BCUT2D eigenvalue weighted by molar-refractivity contribution is -0.385. The van der Waals surface area contributed by atoms with E-state index in [4.69, 9.17) is 11.6 Å². The molecule has 8 heteroatoms. The fraction of sp³-hybridized carbons (Fsp3) is 0.125. The van der Waals surface area contributed by atoms with Crippen LogP contribution in [0.1, 0.15) is 11.1 Å². The molecule has 0 atom stereocenters. The molecule has 0 spiro atoms. The molecule has 0 bridgehead atoms. The average molecular weight is 347 g/mol. The van der Waals surface area contributed by atoms with Crippen molar-refractivity contribution in [3.8, 4) is 5.75 Å². The molecule has 0 heterocycles. The van der Waals surface area contributed by atoms with Gasteiger partial charge >= 0.3 is 0 Å². The van der Waals surface area contributed by atoms with E-state index < -0.39 is 16.6 Å². The van der Waals surface area contributed by atoms with E-state index in [1.54, 1.807) is 25.1 Å². The molecule has 0 aromatic heterocycles. The van der Waals surface area contributed by atoms with Gasteiger partial charge in [-0.05, 0) is 30.2 Å². The molecule has 0 aliphatic carbocycles. The topological polar surface area (TPSA) is 108 Å². The van der Waals surface area contributed by atoms with Gasteiger partial charge in [-0.2, -0.15) is 0 Å². The van der Waals surface area contributed by atoms with Gasteiger partial charge in [0, 0.05) is 29.1 Å². The zero-order valence-corrected chi connectivity index (χ0v) is 13.4. The number of nitro groups is 1. The van der Waals surface area contributed by atoms with E-state index in [1.165, 1.54) is 0 Å². The van der Waals surface area contributed by atoms with Crippen LogP contribution in [0.2, 0.25) is 5.02 Å². The molecule has 0 saturated heterocycles. The standard InChI is InChI=1S/C16H14ClN3O4/c1-10-13(17)3-2-4-14(10)19-16(22)9-18-8-11-7-12(20(23)24)5-6-15(11)21/h2-8,21H,9H2,1H3,(H,19,22)/p-1. The number of anilines is 1. The number of amides is 1. The van der Waals surface area contributed by atoms with E-state index in [0.717, 1.165) is 30.0 Å². The third-order valence-corrected chi connectivity index (χ3v) is 3.62. The highest BCUT2D eigenvalue weighted by Crippen LogP contribution is 2.23. The lowest BCUT2D eigenvalue weighted by Crippen LogP contribution is -2.15. The summed E-state index contributed by atoms with van der Waals surface area (Å²) in [4.78, 5) is 25.8. The van der Waals surface area contributed by atoms with Crippen LogP contribution in [-0.4, -0.2) is 23.6 Å². The zero-order chi connectivity index (χ0) is 17.7. The van der Waals surface area contributed by atoms with Crippen LogP contribution in [0, 0.1) is 17.0 Å². The van der Waals surface area contributed by atoms with Crippen molar-refractivity contribution in [1.82, 2.24) is 0 Å². The fourth-order valence-electron chi connectivity index (χ4n) is 1.91. The Labute approximate surface area is 142 Å². The Balaban J connectivity index is 2.04. The van der Waals surface area contributed by atoms with Crippen molar-refractivity contribution in [3.05, 3.63) is 62.7 Å². The van der Waals surface area contributed by atoms with Crippen molar-refractivity contribution in [2.24, 2.45) is 4.99 Å². The van der Waals surface area contributed by atoms with Crippen LogP contribution >= 0.6 is 11.6 Å². The molecule has 0 aliphatic rings. The molecule has 1 amide bonds. The maximum atomic E-state index is 11.9. The van der Waals surface area contributed by atoms with E-state index in [2.05, 4.69) is 10.3 Å². The van der Waals surface area contributed by atoms with Gasteiger partial charge in [-0.1, -0.05) is 29.5 Å². The maximum absolute atomic E-state index is 11.9. The Morgan fingerprint density at radius 3 is 2.83 bits per heavy atom. The summed E-state index contributed by atoms with van der Waals surface area (Å²) in [6.45, 7) is 1.54. The van der Waals surface area contributed by atoms with Gasteiger partial charge in [-0.25, -0.2) is 0 Å². The molecule has 2 rings (SSSR count). The minimum Gasteiger partial charge on any atom is -0.872 e. The van der Waals surface area contributed by atoms with Gasteiger partial charge in [0.1, 0.15) is 6.54 Å². The number of nitrogens with one attached hydrogen (secondary N) is 1. The molecule has 1 N–H and O–H groups in total. The summed E-state index contributed by atoms with van der Waals surface area (Å²) < 4.78 is 0. The molecule has 0 unspecified atom stereocenters. The Kier molecular flexibility index (Phi) is 5.49. The van der Waals surface area contributed by atoms with Crippen molar-refractivity contribution < 1.29 is 14.8 Å². The molecule has 0 saturated carbocycles. The van der Waals surface area contributed by atoms with E-state index >= 15 is 0 Å². The van der Waals surface area contributed by atoms with Gasteiger partial charge in [0.25, 0.3) is 5.69 Å². The van der Waals surface area contributed by atoms with Gasteiger partial charge in [0.2, 0.25) is 5.91 Å². The summed E-state index contributed by atoms with van der Waals surface area (Å²) in [6.07, 6.45) is 1.15. The van der Waals surface area contributed by atoms with Gasteiger partial charge in [-0.3, -0.25) is 19.9 Å². The Morgan fingerprint density at radius 2 is 2.12 bits per heavy atom. The molecular formula is C16H13ClN3O4-. The summed E-state index contributed by atoms with van der Waals surface area (Å²) in [5.41, 5.74) is 1.14. The Hall–Kier alpha value is -2.93. The lowest BCUT2D eigenvalue weighted by Gasteiger charge is -2.09. The second-order valence-electron chi connectivity index (χ2n) is 4.91. The first-order valence-corrected chi connectivity index (χ1v) is 7.26. The third-order valence-electron chi connectivity index (χ3n) is 3.21. The van der Waals surface area contributed by atoms with E-state index in [9.17, 15) is 20.0 Å². The Morgan fingerprint density at radius 1 is 1.38 bits per heavy atom. The highest BCUT2D eigenvalue weighted by molar-refractivity contribution is 6.31. The predicted octanol–water partition coefficient (Wildman–Crippen LogP) is 2.69. The summed E-state index contributed by atoms with van der Waals surface area (Å²) in [5, 5.41) is 25.5. The molecule has 7 nitrogen and oxygen atoms in total. The van der Waals surface area contributed by atoms with Crippen molar-refractivity contribution >= 4 is 35.1 Å². The number of benzene rings is 2. The van der Waals surface area contributed by atoms with Crippen LogP contribution in [0.3, 0.4) is 0 Å². The van der Waals surface area contributed by atoms with Crippen LogP contribution in [-0.2, 0) is 4.79 Å². The van der Waals surface area contributed by atoms with Gasteiger partial charge in [-0.15, -0.1) is 0 Å². The Bertz CT molecular complexity index is 821. The summed E-state index contributed by atoms with van der Waals surface area (Å²) >= 11 is 5.97. The number of non-ortho nitro benzene ring substituents is 1. The van der Waals surface area contributed by atoms with Crippen molar-refractivity contribution in [2.45, 2.75) is 6.92 Å². The molecule has 24 heavy (non-hydrogen) atoms. The SMILES string of the molecule is Cc1c(Cl)cccc1NC(=O)CN=Cc1cc([N+](=O)[O-])ccc1[O-]. The van der Waals surface area contributed by atoms with Crippen LogP contribution in [0.5, 0.6) is 5.75 Å². The normalized spacial score (nSPS) is 10.8. The highest BCUT2D eigenvalue weighted by Gasteiger charge is 2.07. The number of nitro benzene ring substituents is 1. The summed E-state index contributed by atoms with van der Waals surface area (Å²) in [7, 11) is 0. The molecule has 0 fully saturated rings. The molecule has 124 valence electrons. The quantitative estimate of drug-likeness (QED) is 0.510. The van der Waals surface area contributed by atoms with Crippen LogP contribution < -0.4 is 10.4 Å². The monoisotopic (exact) mass is 346 g/mol. The molecular weight excluding hydrogens is 334 g/mol. The highest BCUT2D eigenvalue weighted by atomic mass is 35.5. The average Bonchev–Trinajstić information content (AvgIpc) is 2.53. The maximum Gasteiger partial charge on any atom is 0.270 e. The van der Waals surface area contributed by atoms with Crippen LogP contribution in [0.25, 0.3) is 0 Å². The predicted molar refractivity (Wildman–Crippen MR) is 89.8 cm³/mol. The minimum absolute atomic E-state index is 0.0518. The second kappa shape index (κ2) is 7.56. The van der Waals surface area contributed by atoms with Crippen molar-refractivity contribution in [3.63, 3.8) is 0 Å². The molecule has 0 aliphatic heterocycles. The number of carbonyl (C=O) groups excluding carboxylic acids is 1. The number of hydrogen-bond donors (Lipinski definition) is 1. The number of rotatable bonds is 5. The van der Waals surface area contributed by atoms with Crippen LogP contribution in [0.4, 0.5) is 11.4 Å². The number of carbonyl (C=O) groups is 1. The lowest BCUT2D eigenvalue weighted by atomic mass is 10.2. The van der Waals surface area contributed by atoms with Crippen LogP contribution in [0.15, 0.2) is 41.4 Å². The second-order valence-corrected chi connectivity index (χ2v) is 5.32. The molecule has 2 aromatic carbocycles. The first-order chi connectivity index (χ1) is 11.4. The third kappa shape index (κ3) is 4.30. The summed E-state index contributed by atoms with van der Waals surface area (Å²) in [5.74, 6) is -0.801. The number of hydrogen-bond acceptors (Lipinski definition) is 5. The number of nitrogens with zero attached hydrogens (tertiary/aromatic N) is 2. The first-order valence-electron chi connectivity index (χ1n) is 6.88. The van der Waals surface area contributed by atoms with E-state index in [1.807, 2.05) is 0 Å². The van der Waals surface area contributed by atoms with Gasteiger partial charge in [0.15, 0.2) is 0 Å². The van der Waals surface area contributed by atoms with E-state index in [-0.39, 0.29) is 17.8 Å².